The average Bonchev–Trinajstić information content (AvgIpc) is 3.34. The third-order valence-corrected chi connectivity index (χ3v) is 5.62. The van der Waals surface area contributed by atoms with Gasteiger partial charge in [-0.1, -0.05) is 18.2 Å². The Morgan fingerprint density at radius 3 is 2.57 bits per heavy atom. The first-order valence-electron chi connectivity index (χ1n) is 10.1. The van der Waals surface area contributed by atoms with Crippen LogP contribution in [0.5, 0.6) is 5.75 Å². The van der Waals surface area contributed by atoms with Crippen molar-refractivity contribution in [1.82, 2.24) is 9.97 Å². The molecule has 30 heavy (non-hydrogen) atoms. The highest BCUT2D eigenvalue weighted by atomic mass is 16.5. The van der Waals surface area contributed by atoms with Crippen molar-refractivity contribution in [3.05, 3.63) is 72.1 Å². The molecule has 1 fully saturated rings. The lowest BCUT2D eigenvalue weighted by atomic mass is 10.0. The molecule has 1 atom stereocenters. The number of anilines is 3. The molecule has 0 saturated carbocycles. The van der Waals surface area contributed by atoms with Crippen LogP contribution in [0.3, 0.4) is 0 Å². The molecule has 7 nitrogen and oxygen atoms in total. The fraction of sp³-hybridized carbons (Fsp3) is 0.261. The van der Waals surface area contributed by atoms with Gasteiger partial charge >= 0.3 is 0 Å². The molecular weight excluding hydrogens is 378 g/mol. The molecule has 1 saturated heterocycles. The Labute approximate surface area is 175 Å². The molecule has 2 aromatic carbocycles. The number of methoxy groups -OCH3 is 1. The number of para-hydroxylation sites is 1. The van der Waals surface area contributed by atoms with Crippen LogP contribution in [0.25, 0.3) is 0 Å². The van der Waals surface area contributed by atoms with Crippen LogP contribution in [0.1, 0.15) is 34.9 Å². The number of rotatable bonds is 4. The van der Waals surface area contributed by atoms with Gasteiger partial charge in [-0.2, -0.15) is 0 Å². The molecule has 7 heteroatoms. The van der Waals surface area contributed by atoms with E-state index in [1.54, 1.807) is 12.0 Å². The Morgan fingerprint density at radius 1 is 1.03 bits per heavy atom. The predicted octanol–water partition coefficient (Wildman–Crippen LogP) is 3.86. The van der Waals surface area contributed by atoms with E-state index in [4.69, 9.17) is 4.74 Å². The number of benzene rings is 2. The summed E-state index contributed by atoms with van der Waals surface area (Å²) in [5.74, 6) is 1.36. The first kappa shape index (κ1) is 18.4. The van der Waals surface area contributed by atoms with Gasteiger partial charge in [-0.15, -0.1) is 0 Å². The highest BCUT2D eigenvalue weighted by Gasteiger charge is 2.34. The average molecular weight is 401 g/mol. The first-order chi connectivity index (χ1) is 14.7. The van der Waals surface area contributed by atoms with Crippen LogP contribution in [0.15, 0.2) is 60.9 Å². The van der Waals surface area contributed by atoms with Gasteiger partial charge in [-0.05, 0) is 37.1 Å². The monoisotopic (exact) mass is 401 g/mol. The Balaban J connectivity index is 1.55. The van der Waals surface area contributed by atoms with E-state index in [0.29, 0.717) is 11.3 Å². The third-order valence-electron chi connectivity index (χ3n) is 5.62. The first-order valence-corrected chi connectivity index (χ1v) is 10.1. The molecule has 1 amide bonds. The van der Waals surface area contributed by atoms with E-state index in [9.17, 15) is 4.79 Å². The number of nitrogens with one attached hydrogen (secondary N) is 1. The van der Waals surface area contributed by atoms with Gasteiger partial charge in [0.25, 0.3) is 5.91 Å². The summed E-state index contributed by atoms with van der Waals surface area (Å²) in [7, 11) is 1.62. The SMILES string of the molecule is COc1cccc(N2C(=O)c3ccccc3NC2c2cnc(N3CCCC3)nc2)c1. The lowest BCUT2D eigenvalue weighted by Crippen LogP contribution is -2.43. The van der Waals surface area contributed by atoms with Crippen LogP contribution in [-0.2, 0) is 0 Å². The van der Waals surface area contributed by atoms with Gasteiger partial charge in [0, 0.05) is 42.8 Å². The van der Waals surface area contributed by atoms with E-state index in [2.05, 4.69) is 20.2 Å². The highest BCUT2D eigenvalue weighted by molar-refractivity contribution is 6.12. The minimum Gasteiger partial charge on any atom is -0.497 e. The zero-order valence-electron chi connectivity index (χ0n) is 16.8. The van der Waals surface area contributed by atoms with Gasteiger partial charge in [0.2, 0.25) is 5.95 Å². The van der Waals surface area contributed by atoms with E-state index in [0.717, 1.165) is 36.0 Å². The maximum absolute atomic E-state index is 13.5. The fourth-order valence-electron chi connectivity index (χ4n) is 4.07. The predicted molar refractivity (Wildman–Crippen MR) is 116 cm³/mol. The summed E-state index contributed by atoms with van der Waals surface area (Å²) in [6, 6.07) is 15.1. The second-order valence-corrected chi connectivity index (χ2v) is 7.48. The van der Waals surface area contributed by atoms with E-state index in [1.807, 2.05) is 60.9 Å². The minimum absolute atomic E-state index is 0.0776. The number of carbonyl (C=O) groups excluding carboxylic acids is 1. The van der Waals surface area contributed by atoms with Gasteiger partial charge in [0.05, 0.1) is 18.4 Å². The van der Waals surface area contributed by atoms with Crippen molar-refractivity contribution < 1.29 is 9.53 Å². The summed E-state index contributed by atoms with van der Waals surface area (Å²) in [6.07, 6.45) is 5.54. The van der Waals surface area contributed by atoms with Crippen LogP contribution in [0.2, 0.25) is 0 Å². The van der Waals surface area contributed by atoms with Crippen molar-refractivity contribution >= 4 is 23.2 Å². The second kappa shape index (κ2) is 7.67. The van der Waals surface area contributed by atoms with E-state index in [-0.39, 0.29) is 5.91 Å². The molecule has 0 spiro atoms. The summed E-state index contributed by atoms with van der Waals surface area (Å²) in [5, 5.41) is 3.49. The summed E-state index contributed by atoms with van der Waals surface area (Å²) in [4.78, 5) is 26.6. The van der Waals surface area contributed by atoms with E-state index in [1.165, 1.54) is 12.8 Å². The number of amides is 1. The quantitative estimate of drug-likeness (QED) is 0.716. The maximum atomic E-state index is 13.5. The van der Waals surface area contributed by atoms with Crippen LogP contribution >= 0.6 is 0 Å². The molecule has 3 aromatic rings. The summed E-state index contributed by atoms with van der Waals surface area (Å²) in [6.45, 7) is 1.98. The molecule has 2 aliphatic rings. The lowest BCUT2D eigenvalue weighted by Gasteiger charge is -2.38. The summed E-state index contributed by atoms with van der Waals surface area (Å²) < 4.78 is 5.38. The van der Waals surface area contributed by atoms with Crippen LogP contribution in [0, 0.1) is 0 Å². The molecule has 1 aromatic heterocycles. The Bertz CT molecular complexity index is 1060. The van der Waals surface area contributed by atoms with Gasteiger partial charge < -0.3 is 15.0 Å². The van der Waals surface area contributed by atoms with Crippen molar-refractivity contribution in [3.63, 3.8) is 0 Å². The largest absolute Gasteiger partial charge is 0.497 e. The van der Waals surface area contributed by atoms with Gasteiger partial charge in [-0.3, -0.25) is 9.69 Å². The zero-order valence-corrected chi connectivity index (χ0v) is 16.8. The molecule has 0 radical (unpaired) electrons. The Hall–Kier alpha value is -3.61. The lowest BCUT2D eigenvalue weighted by molar-refractivity contribution is 0.0975. The molecule has 0 bridgehead atoms. The number of hydrogen-bond acceptors (Lipinski definition) is 6. The van der Waals surface area contributed by atoms with Crippen molar-refractivity contribution in [2.45, 2.75) is 19.0 Å². The van der Waals surface area contributed by atoms with Crippen molar-refractivity contribution in [2.24, 2.45) is 0 Å². The Kier molecular flexibility index (Phi) is 4.71. The molecular formula is C23H23N5O2. The topological polar surface area (TPSA) is 70.6 Å². The standard InChI is InChI=1S/C23H23N5O2/c1-30-18-8-6-7-17(13-18)28-21(26-20-10-3-2-9-19(20)22(28)29)16-14-24-23(25-15-16)27-11-4-5-12-27/h2-3,6-10,13-15,21,26H,4-5,11-12H2,1H3. The maximum Gasteiger partial charge on any atom is 0.262 e. The van der Waals surface area contributed by atoms with Gasteiger partial charge in [0.1, 0.15) is 11.9 Å². The number of hydrogen-bond donors (Lipinski definition) is 1. The summed E-state index contributed by atoms with van der Waals surface area (Å²) in [5.41, 5.74) is 3.00. The molecule has 152 valence electrons. The number of nitrogens with zero attached hydrogens (tertiary/aromatic N) is 4. The van der Waals surface area contributed by atoms with Crippen LogP contribution in [-0.4, -0.2) is 36.1 Å². The third kappa shape index (κ3) is 3.22. The van der Waals surface area contributed by atoms with Crippen LogP contribution in [0.4, 0.5) is 17.3 Å². The smallest absolute Gasteiger partial charge is 0.262 e. The van der Waals surface area contributed by atoms with Crippen LogP contribution < -0.4 is 19.9 Å². The molecule has 1 unspecified atom stereocenters. The molecule has 0 aliphatic carbocycles. The van der Waals surface area contributed by atoms with Gasteiger partial charge in [-0.25, -0.2) is 9.97 Å². The Morgan fingerprint density at radius 2 is 1.80 bits per heavy atom. The number of aromatic nitrogens is 2. The number of fused-ring (bicyclic) bond motifs is 1. The van der Waals surface area contributed by atoms with Gasteiger partial charge in [0.15, 0.2) is 0 Å². The second-order valence-electron chi connectivity index (χ2n) is 7.48. The highest BCUT2D eigenvalue weighted by Crippen LogP contribution is 2.37. The van der Waals surface area contributed by atoms with Crippen molar-refractivity contribution in [3.8, 4) is 5.75 Å². The normalized spacial score (nSPS) is 18.2. The fourth-order valence-corrected chi connectivity index (χ4v) is 4.07. The van der Waals surface area contributed by atoms with Crippen molar-refractivity contribution in [1.29, 1.82) is 0 Å². The molecule has 3 heterocycles. The van der Waals surface area contributed by atoms with E-state index >= 15 is 0 Å². The zero-order chi connectivity index (χ0) is 20.5. The molecule has 5 rings (SSSR count). The van der Waals surface area contributed by atoms with Crippen molar-refractivity contribution in [2.75, 3.05) is 35.3 Å². The van der Waals surface area contributed by atoms with E-state index < -0.39 is 6.17 Å². The summed E-state index contributed by atoms with van der Waals surface area (Å²) >= 11 is 0. The molecule has 2 aliphatic heterocycles. The molecule has 1 N–H and O–H groups in total. The number of ether oxygens (including phenoxy) is 1. The number of carbonyl (C=O) groups is 1. The minimum atomic E-state index is -0.424.